The topological polar surface area (TPSA) is 35.8 Å². The van der Waals surface area contributed by atoms with Gasteiger partial charge in [0, 0.05) is 5.39 Å². The first kappa shape index (κ1) is 8.05. The van der Waals surface area contributed by atoms with Crippen molar-refractivity contribution in [2.75, 3.05) is 0 Å². The van der Waals surface area contributed by atoms with E-state index in [1.54, 1.807) is 0 Å². The summed E-state index contributed by atoms with van der Waals surface area (Å²) in [5.74, 6) is 0.372. The summed E-state index contributed by atoms with van der Waals surface area (Å²) in [6, 6.07) is 8.08. The highest BCUT2D eigenvalue weighted by Gasteiger charge is 2.04. The number of rotatable bonds is 0. The smallest absolute Gasteiger partial charge is 0.360 e. The van der Waals surface area contributed by atoms with Crippen molar-refractivity contribution in [1.82, 2.24) is 4.98 Å². The molecule has 0 spiro atoms. The first-order chi connectivity index (χ1) is 6.16. The van der Waals surface area contributed by atoms with Crippen LogP contribution in [0, 0.1) is 13.8 Å². The molecule has 0 radical (unpaired) electrons. The fraction of sp³-hybridized carbons (Fsp3) is 0.182. The molecule has 2 rings (SSSR count). The third-order valence-corrected chi connectivity index (χ3v) is 2.16. The van der Waals surface area contributed by atoms with Gasteiger partial charge in [-0.2, -0.15) is 4.98 Å². The number of hydrogen-bond acceptors (Lipinski definition) is 1. The molecular weight excluding hydrogens is 162 g/mol. The van der Waals surface area contributed by atoms with E-state index in [2.05, 4.69) is 18.0 Å². The van der Waals surface area contributed by atoms with Crippen molar-refractivity contribution in [3.05, 3.63) is 35.4 Å². The van der Waals surface area contributed by atoms with Crippen LogP contribution in [-0.2, 0) is 0 Å². The molecule has 0 unspecified atom stereocenters. The average Bonchev–Trinajstić information content (AvgIpc) is 2.08. The summed E-state index contributed by atoms with van der Waals surface area (Å²) in [7, 11) is 0. The van der Waals surface area contributed by atoms with Gasteiger partial charge in [-0.3, -0.25) is 0 Å². The van der Waals surface area contributed by atoms with Gasteiger partial charge in [-0.25, -0.2) is 0 Å². The van der Waals surface area contributed by atoms with Crippen molar-refractivity contribution in [3.8, 4) is 5.88 Å². The van der Waals surface area contributed by atoms with Gasteiger partial charge in [0.2, 0.25) is 0 Å². The molecule has 0 aliphatic rings. The number of pyridine rings is 1. The van der Waals surface area contributed by atoms with Gasteiger partial charge in [0.05, 0.1) is 11.1 Å². The van der Waals surface area contributed by atoms with Crippen LogP contribution in [0.15, 0.2) is 24.3 Å². The fourth-order valence-electron chi connectivity index (χ4n) is 1.40. The van der Waals surface area contributed by atoms with Gasteiger partial charge in [0.25, 0.3) is 0 Å². The van der Waals surface area contributed by atoms with Crippen LogP contribution in [0.1, 0.15) is 11.1 Å². The molecule has 0 saturated carbocycles. The van der Waals surface area contributed by atoms with Crippen molar-refractivity contribution >= 4 is 10.9 Å². The van der Waals surface area contributed by atoms with Crippen molar-refractivity contribution < 1.29 is 5.11 Å². The maximum atomic E-state index is 7.54. The fourth-order valence-corrected chi connectivity index (χ4v) is 1.40. The maximum Gasteiger partial charge on any atom is 0.360 e. The van der Waals surface area contributed by atoms with Crippen LogP contribution in [0.2, 0.25) is 0 Å². The van der Waals surface area contributed by atoms with E-state index < -0.39 is 0 Å². The first-order valence-electron chi connectivity index (χ1n) is 4.26. The van der Waals surface area contributed by atoms with E-state index in [4.69, 9.17) is 5.11 Å². The summed E-state index contributed by atoms with van der Waals surface area (Å²) in [4.78, 5) is 4.18. The summed E-state index contributed by atoms with van der Waals surface area (Å²) < 4.78 is 0. The second-order valence-corrected chi connectivity index (χ2v) is 3.35. The van der Waals surface area contributed by atoms with Crippen LogP contribution >= 0.6 is 0 Å². The zero-order valence-electron chi connectivity index (χ0n) is 7.76. The van der Waals surface area contributed by atoms with Gasteiger partial charge in [0.1, 0.15) is 0 Å². The Kier molecular flexibility index (Phi) is 1.69. The lowest BCUT2D eigenvalue weighted by Gasteiger charge is -1.99. The Morgan fingerprint density at radius 3 is 2.69 bits per heavy atom. The van der Waals surface area contributed by atoms with Crippen molar-refractivity contribution in [3.63, 3.8) is 0 Å². The zero-order chi connectivity index (χ0) is 9.42. The Balaban J connectivity index is 2.81. The van der Waals surface area contributed by atoms with Crippen LogP contribution < -0.4 is 0 Å². The molecule has 2 aromatic rings. The van der Waals surface area contributed by atoms with Gasteiger partial charge < -0.3 is 5.11 Å². The minimum atomic E-state index is 0.372. The molecule has 66 valence electrons. The molecule has 1 aromatic heterocycles. The van der Waals surface area contributed by atoms with E-state index in [9.17, 15) is 0 Å². The molecule has 2 nitrogen and oxygen atoms in total. The predicted octanol–water partition coefficient (Wildman–Crippen LogP) is 2.29. The number of nitrogens with zero attached hydrogens (tertiary/aromatic N) is 1. The highest BCUT2D eigenvalue weighted by Crippen LogP contribution is 2.20. The quantitative estimate of drug-likeness (QED) is 0.564. The Hall–Kier alpha value is -1.57. The van der Waals surface area contributed by atoms with Gasteiger partial charge in [0.15, 0.2) is 0 Å². The minimum absolute atomic E-state index is 0.372. The molecule has 2 N–H and O–H groups in total. The lowest BCUT2D eigenvalue weighted by molar-refractivity contribution is 0.451. The van der Waals surface area contributed by atoms with Gasteiger partial charge in [-0.05, 0) is 32.0 Å². The van der Waals surface area contributed by atoms with E-state index in [1.807, 2.05) is 25.1 Å². The largest absolute Gasteiger partial charge is 0.579 e. The molecule has 0 aliphatic carbocycles. The lowest BCUT2D eigenvalue weighted by atomic mass is 10.1. The second kappa shape index (κ2) is 2.73. The van der Waals surface area contributed by atoms with Crippen molar-refractivity contribution in [2.24, 2.45) is 0 Å². The van der Waals surface area contributed by atoms with E-state index in [0.717, 1.165) is 16.5 Å². The van der Waals surface area contributed by atoms with Crippen molar-refractivity contribution in [1.29, 1.82) is 0 Å². The summed E-state index contributed by atoms with van der Waals surface area (Å²) in [6.07, 6.45) is 0. The third-order valence-electron chi connectivity index (χ3n) is 2.16. The van der Waals surface area contributed by atoms with Crippen molar-refractivity contribution in [2.45, 2.75) is 13.8 Å². The number of fused-ring (bicyclic) bond motifs is 1. The molecule has 0 bridgehead atoms. The zero-order valence-corrected chi connectivity index (χ0v) is 7.76. The molecule has 13 heavy (non-hydrogen) atoms. The molecule has 0 aliphatic heterocycles. The average molecular weight is 174 g/mol. The second-order valence-electron chi connectivity index (χ2n) is 3.35. The van der Waals surface area contributed by atoms with E-state index >= 15 is 0 Å². The lowest BCUT2D eigenvalue weighted by Crippen LogP contribution is -1.84. The van der Waals surface area contributed by atoms with Crippen LogP contribution in [0.25, 0.3) is 10.9 Å². The Labute approximate surface area is 76.9 Å². The predicted molar refractivity (Wildman–Crippen MR) is 54.3 cm³/mol. The molecule has 0 amide bonds. The number of hydrogen-bond donors (Lipinski definition) is 0. The summed E-state index contributed by atoms with van der Waals surface area (Å²) in [6.45, 7) is 3.97. The summed E-state index contributed by atoms with van der Waals surface area (Å²) in [5, 5.41) is 8.66. The number of aromatic nitrogens is 1. The summed E-state index contributed by atoms with van der Waals surface area (Å²) in [5.41, 5.74) is 3.06. The Bertz CT molecular complexity index is 463. The highest BCUT2D eigenvalue weighted by atomic mass is 16.3. The first-order valence-corrected chi connectivity index (χ1v) is 4.26. The number of aryl methyl sites for hydroxylation is 2. The SMILES string of the molecule is Cc1ccc2nc([OH2+])c(C)cc2c1. The van der Waals surface area contributed by atoms with E-state index in [0.29, 0.717) is 5.88 Å². The van der Waals surface area contributed by atoms with E-state index in [1.165, 1.54) is 5.56 Å². The number of benzene rings is 1. The maximum absolute atomic E-state index is 7.54. The minimum Gasteiger partial charge on any atom is -0.579 e. The van der Waals surface area contributed by atoms with Gasteiger partial charge in [-0.15, -0.1) is 0 Å². The van der Waals surface area contributed by atoms with E-state index in [-0.39, 0.29) is 0 Å². The monoisotopic (exact) mass is 174 g/mol. The molecule has 0 saturated heterocycles. The van der Waals surface area contributed by atoms with Gasteiger partial charge >= 0.3 is 5.88 Å². The molecule has 1 heterocycles. The van der Waals surface area contributed by atoms with Gasteiger partial charge in [-0.1, -0.05) is 11.6 Å². The molecule has 0 atom stereocenters. The van der Waals surface area contributed by atoms with Crippen LogP contribution in [-0.4, -0.2) is 10.1 Å². The standard InChI is InChI=1S/C11H11NO/c1-7-3-4-10-9(5-7)6-8(2)11(13)12-10/h3-6H,1-2H3,(H,12,13)/p+1. The van der Waals surface area contributed by atoms with Crippen LogP contribution in [0.4, 0.5) is 0 Å². The Morgan fingerprint density at radius 2 is 1.92 bits per heavy atom. The Morgan fingerprint density at radius 1 is 1.15 bits per heavy atom. The summed E-state index contributed by atoms with van der Waals surface area (Å²) >= 11 is 0. The van der Waals surface area contributed by atoms with Crippen LogP contribution in [0.5, 0.6) is 5.88 Å². The molecule has 1 aromatic carbocycles. The van der Waals surface area contributed by atoms with Crippen LogP contribution in [0.3, 0.4) is 0 Å². The third kappa shape index (κ3) is 1.35. The highest BCUT2D eigenvalue weighted by molar-refractivity contribution is 5.80. The molecular formula is C11H12NO+. The normalized spacial score (nSPS) is 10.6. The molecule has 0 fully saturated rings. The molecule has 2 heteroatoms.